The fraction of sp³-hybridized carbons (Fsp3) is 0.465. The van der Waals surface area contributed by atoms with E-state index >= 15 is 0 Å². The molecule has 1 saturated heterocycles. The average molecular weight is 797 g/mol. The Morgan fingerprint density at radius 1 is 0.929 bits per heavy atom. The van der Waals surface area contributed by atoms with Crippen molar-refractivity contribution in [3.8, 4) is 17.5 Å². The topological polar surface area (TPSA) is 145 Å². The summed E-state index contributed by atoms with van der Waals surface area (Å²) in [5, 5.41) is 26.8. The zero-order chi connectivity index (χ0) is 39.2. The number of rotatable bonds is 13. The molecule has 4 N–H and O–H groups in total. The highest BCUT2D eigenvalue weighted by atomic mass is 32.1. The van der Waals surface area contributed by atoms with E-state index < -0.39 is 22.9 Å². The molecule has 3 atom stereocenters. The van der Waals surface area contributed by atoms with Crippen molar-refractivity contribution in [1.29, 1.82) is 0 Å². The van der Waals surface area contributed by atoms with Gasteiger partial charge in [-0.15, -0.1) is 0 Å². The third-order valence-corrected chi connectivity index (χ3v) is 12.6. The number of methoxy groups -OCH3 is 1. The van der Waals surface area contributed by atoms with Crippen molar-refractivity contribution >= 4 is 24.4 Å². The van der Waals surface area contributed by atoms with Crippen molar-refractivity contribution in [2.45, 2.75) is 115 Å². The first-order valence-corrected chi connectivity index (χ1v) is 20.9. The molecular formula is C43H52N6O5S2. The van der Waals surface area contributed by atoms with Crippen LogP contribution in [0.5, 0.6) is 17.5 Å². The molecule has 7 rings (SSSR count). The van der Waals surface area contributed by atoms with Crippen LogP contribution in [0.4, 0.5) is 0 Å². The molecule has 1 fully saturated rings. The Labute approximate surface area is 337 Å². The molecule has 0 radical (unpaired) electrons. The quantitative estimate of drug-likeness (QED) is 0.0878. The summed E-state index contributed by atoms with van der Waals surface area (Å²) in [5.41, 5.74) is 3.39. The lowest BCUT2D eigenvalue weighted by molar-refractivity contribution is -0.950. The molecule has 4 heterocycles. The molecule has 0 amide bonds. The number of H-pyrrole nitrogens is 2. The highest BCUT2D eigenvalue weighted by molar-refractivity contribution is 7.71. The number of hydrogen-bond donors (Lipinski definition) is 4. The van der Waals surface area contributed by atoms with Crippen LogP contribution in [0.15, 0.2) is 75.6 Å². The van der Waals surface area contributed by atoms with Gasteiger partial charge in [0.2, 0.25) is 5.88 Å². The van der Waals surface area contributed by atoms with Crippen molar-refractivity contribution in [2.24, 2.45) is 0 Å². The van der Waals surface area contributed by atoms with Gasteiger partial charge in [-0.2, -0.15) is 0 Å². The number of quaternary nitrogens is 1. The number of hydrogen-bond acceptors (Lipinski definition) is 8. The first-order chi connectivity index (χ1) is 27.2. The summed E-state index contributed by atoms with van der Waals surface area (Å²) < 4.78 is 8.94. The van der Waals surface area contributed by atoms with Crippen LogP contribution in [0.1, 0.15) is 123 Å². The third-order valence-electron chi connectivity index (χ3n) is 11.9. The van der Waals surface area contributed by atoms with Gasteiger partial charge in [-0.3, -0.25) is 29.1 Å². The van der Waals surface area contributed by atoms with E-state index in [0.717, 1.165) is 82.7 Å². The minimum atomic E-state index is -1.25. The van der Waals surface area contributed by atoms with E-state index in [4.69, 9.17) is 29.2 Å². The summed E-state index contributed by atoms with van der Waals surface area (Å²) >= 11 is 11.2. The van der Waals surface area contributed by atoms with E-state index in [9.17, 15) is 19.8 Å². The lowest BCUT2D eigenvalue weighted by atomic mass is 9.85. The van der Waals surface area contributed by atoms with Gasteiger partial charge in [0, 0.05) is 48.6 Å². The van der Waals surface area contributed by atoms with Crippen molar-refractivity contribution in [3.05, 3.63) is 124 Å². The number of nitrogens with one attached hydrogen (secondary N) is 3. The summed E-state index contributed by atoms with van der Waals surface area (Å²) in [6, 6.07) is 9.82. The largest absolute Gasteiger partial charge is 0.860 e. The summed E-state index contributed by atoms with van der Waals surface area (Å²) in [5.74, 6) is -1.55. The van der Waals surface area contributed by atoms with Gasteiger partial charge in [0.1, 0.15) is 18.3 Å². The summed E-state index contributed by atoms with van der Waals surface area (Å²) in [6.07, 6.45) is 21.1. The second kappa shape index (κ2) is 18.1. The number of likely N-dealkylation sites (tertiary alicyclic amines) is 1. The summed E-state index contributed by atoms with van der Waals surface area (Å²) in [4.78, 5) is 39.5. The number of piperidine rings is 1. The lowest BCUT2D eigenvalue weighted by Crippen LogP contribution is -3.11. The Hall–Kier alpha value is -4.59. The first kappa shape index (κ1) is 39.6. The van der Waals surface area contributed by atoms with Crippen molar-refractivity contribution in [3.63, 3.8) is 0 Å². The van der Waals surface area contributed by atoms with Gasteiger partial charge in [0.15, 0.2) is 9.54 Å². The molecule has 0 saturated carbocycles. The molecular weight excluding hydrogens is 745 g/mol. The van der Waals surface area contributed by atoms with Crippen LogP contribution in [-0.4, -0.2) is 42.8 Å². The summed E-state index contributed by atoms with van der Waals surface area (Å²) in [6.45, 7) is 2.14. The standard InChI is InChI=1S/C43H52N6O5S2/c1-54-34-18-17-30(25-32(34)27-47-22-9-8-16-33(47)31-15-10-21-44-26-31)35(36-38(50)45-42(55)48(40(36)52)23-19-28-11-4-2-5-12-28)37-39(51)46-43(56)49(41(37)53)24-20-29-13-6-3-7-14-29/h10-11,13,15,17-18,21,25-26,33,35,52-53H,2-9,12,14,16,19-20,22-24,27H2,1H3,(H,45,50,55)(H,46,51,56). The molecule has 13 heteroatoms. The predicted molar refractivity (Wildman–Crippen MR) is 220 cm³/mol. The van der Waals surface area contributed by atoms with Crippen LogP contribution >= 0.6 is 24.4 Å². The van der Waals surface area contributed by atoms with E-state index in [0.29, 0.717) is 37.2 Å². The number of benzene rings is 1. The number of pyridine rings is 1. The van der Waals surface area contributed by atoms with Gasteiger partial charge in [-0.25, -0.2) is 0 Å². The Kier molecular flexibility index (Phi) is 12.8. The number of nitrogens with zero attached hydrogens (tertiary/aromatic N) is 3. The highest BCUT2D eigenvalue weighted by Gasteiger charge is 2.32. The molecule has 0 spiro atoms. The molecule has 3 aliphatic rings. The zero-order valence-electron chi connectivity index (χ0n) is 32.1. The Balaban J connectivity index is 1.37. The Morgan fingerprint density at radius 2 is 1.61 bits per heavy atom. The maximum atomic E-state index is 14.7. The molecule has 1 aliphatic heterocycles. The second-order valence-corrected chi connectivity index (χ2v) is 16.2. The smallest absolute Gasteiger partial charge is 0.259 e. The number of allylic oxidation sites excluding steroid dienone is 4. The van der Waals surface area contributed by atoms with Gasteiger partial charge >= 0.3 is 0 Å². The number of aromatic amines is 2. The summed E-state index contributed by atoms with van der Waals surface area (Å²) in [7, 11) is 1.62. The van der Waals surface area contributed by atoms with Gasteiger partial charge in [-0.05, 0) is 131 Å². The molecule has 0 bridgehead atoms. The highest BCUT2D eigenvalue weighted by Crippen LogP contribution is 2.38. The van der Waals surface area contributed by atoms with Gasteiger partial charge < -0.3 is 24.4 Å². The molecule has 4 aromatic rings. The molecule has 296 valence electrons. The van der Waals surface area contributed by atoms with Crippen LogP contribution in [0.3, 0.4) is 0 Å². The van der Waals surface area contributed by atoms with Gasteiger partial charge in [0.05, 0.1) is 25.1 Å². The SMILES string of the molecule is COc1ccc(C(c2c([O-])n(CCC3=CCCCC3)c(=S)[nH]c2=O)c2c(O)n(CCC3=CCCCC3)c(=S)[nH]c2=O)cc1C[NH+]1CCCCC1c1cccnc1. The van der Waals surface area contributed by atoms with Crippen molar-refractivity contribution in [1.82, 2.24) is 24.1 Å². The third kappa shape index (κ3) is 8.69. The molecule has 3 unspecified atom stereocenters. The first-order valence-electron chi connectivity index (χ1n) is 20.1. The number of ether oxygens (including phenoxy) is 1. The Morgan fingerprint density at radius 3 is 2.25 bits per heavy atom. The molecule has 11 nitrogen and oxygen atoms in total. The zero-order valence-corrected chi connectivity index (χ0v) is 33.7. The molecule has 56 heavy (non-hydrogen) atoms. The van der Waals surface area contributed by atoms with Crippen LogP contribution in [0, 0.1) is 9.54 Å². The fourth-order valence-electron chi connectivity index (χ4n) is 8.95. The molecule has 1 aromatic carbocycles. The average Bonchev–Trinajstić information content (AvgIpc) is 3.21. The predicted octanol–water partition coefficient (Wildman–Crippen LogP) is 6.58. The van der Waals surface area contributed by atoms with E-state index in [2.05, 4.69) is 33.2 Å². The van der Waals surface area contributed by atoms with E-state index in [1.165, 1.54) is 30.7 Å². The number of aromatic hydroxyl groups is 1. The second-order valence-electron chi connectivity index (χ2n) is 15.4. The van der Waals surface area contributed by atoms with E-state index in [-0.39, 0.29) is 39.1 Å². The van der Waals surface area contributed by atoms with E-state index in [1.807, 2.05) is 24.4 Å². The van der Waals surface area contributed by atoms with Gasteiger partial charge in [-0.1, -0.05) is 35.4 Å². The maximum Gasteiger partial charge on any atom is 0.259 e. The fourth-order valence-corrected chi connectivity index (χ4v) is 9.49. The van der Waals surface area contributed by atoms with Crippen LogP contribution < -0.4 is 25.9 Å². The van der Waals surface area contributed by atoms with E-state index in [1.54, 1.807) is 19.4 Å². The lowest BCUT2D eigenvalue weighted by Gasteiger charge is -2.33. The Bertz CT molecular complexity index is 2240. The molecule has 2 aliphatic carbocycles. The van der Waals surface area contributed by atoms with Crippen LogP contribution in [0.25, 0.3) is 0 Å². The van der Waals surface area contributed by atoms with Crippen molar-refractivity contribution in [2.75, 3.05) is 13.7 Å². The normalized spacial score (nSPS) is 19.2. The minimum absolute atomic E-state index is 0.0272. The molecule has 3 aromatic heterocycles. The maximum absolute atomic E-state index is 14.7. The van der Waals surface area contributed by atoms with Gasteiger partial charge in [0.25, 0.3) is 11.1 Å². The monoisotopic (exact) mass is 796 g/mol. The number of aromatic nitrogens is 5. The minimum Gasteiger partial charge on any atom is -0.860 e. The van der Waals surface area contributed by atoms with Crippen LogP contribution in [-0.2, 0) is 19.6 Å². The van der Waals surface area contributed by atoms with Crippen molar-refractivity contribution < 1.29 is 19.8 Å². The van der Waals surface area contributed by atoms with Crippen LogP contribution in [0.2, 0.25) is 0 Å².